The molecule has 0 aliphatic carbocycles. The Morgan fingerprint density at radius 2 is 1.93 bits per heavy atom. The van der Waals surface area contributed by atoms with Crippen LogP contribution in [0.4, 0.5) is 0 Å². The Morgan fingerprint density at radius 1 is 1.24 bits per heavy atom. The fourth-order valence-electron chi connectivity index (χ4n) is 3.86. The van der Waals surface area contributed by atoms with E-state index in [9.17, 15) is 9.59 Å². The lowest BCUT2D eigenvalue weighted by Gasteiger charge is -2.33. The highest BCUT2D eigenvalue weighted by molar-refractivity contribution is 6.06. The van der Waals surface area contributed by atoms with E-state index in [1.807, 2.05) is 13.8 Å². The Morgan fingerprint density at radius 3 is 2.59 bits per heavy atom. The summed E-state index contributed by atoms with van der Waals surface area (Å²) in [6.45, 7) is 15.5. The van der Waals surface area contributed by atoms with Gasteiger partial charge in [0.2, 0.25) is 5.71 Å². The van der Waals surface area contributed by atoms with Crippen LogP contribution in [0, 0.1) is 12.8 Å². The first-order chi connectivity index (χ1) is 13.9. The van der Waals surface area contributed by atoms with Crippen molar-refractivity contribution in [3.63, 3.8) is 0 Å². The van der Waals surface area contributed by atoms with E-state index in [1.54, 1.807) is 11.5 Å². The summed E-state index contributed by atoms with van der Waals surface area (Å²) >= 11 is 0. The monoisotopic (exact) mass is 403 g/mol. The number of rotatable bonds is 8. The van der Waals surface area contributed by atoms with Gasteiger partial charge in [0, 0.05) is 39.3 Å². The number of nitrogens with one attached hydrogen (secondary N) is 1. The number of nitrogens with zero attached hydrogens (tertiary/aromatic N) is 4. The minimum absolute atomic E-state index is 0.223. The SMILES string of the molecule is CCN1CCN(CCCNC(=O)c2c(C)oc3ncn(CC(C)C)c(=O)c23)CC1. The quantitative estimate of drug-likeness (QED) is 0.676. The molecule has 29 heavy (non-hydrogen) atoms. The van der Waals surface area contributed by atoms with Crippen molar-refractivity contribution in [1.82, 2.24) is 24.7 Å². The van der Waals surface area contributed by atoms with Crippen molar-refractivity contribution in [1.29, 1.82) is 0 Å². The molecule has 1 aliphatic heterocycles. The molecule has 3 rings (SSSR count). The van der Waals surface area contributed by atoms with E-state index < -0.39 is 0 Å². The number of hydrogen-bond acceptors (Lipinski definition) is 6. The van der Waals surface area contributed by atoms with Crippen LogP contribution in [0.3, 0.4) is 0 Å². The molecule has 8 nitrogen and oxygen atoms in total. The lowest BCUT2D eigenvalue weighted by molar-refractivity contribution is 0.0948. The van der Waals surface area contributed by atoms with Crippen molar-refractivity contribution in [2.45, 2.75) is 40.7 Å². The van der Waals surface area contributed by atoms with E-state index in [0.29, 0.717) is 30.3 Å². The van der Waals surface area contributed by atoms with Gasteiger partial charge in [-0.05, 0) is 32.4 Å². The highest BCUT2D eigenvalue weighted by atomic mass is 16.3. The smallest absolute Gasteiger partial charge is 0.265 e. The minimum atomic E-state index is -0.266. The molecule has 0 atom stereocenters. The standard InChI is InChI=1S/C21H33N5O3/c1-5-24-9-11-25(12-10-24)8-6-7-22-19(27)17-16(4)29-20-18(17)21(28)26(14-23-20)13-15(2)3/h14-15H,5-13H2,1-4H3,(H,22,27). The molecular formula is C21H33N5O3. The maximum absolute atomic E-state index is 12.9. The zero-order valence-electron chi connectivity index (χ0n) is 18.0. The molecule has 0 aromatic carbocycles. The first-order valence-electron chi connectivity index (χ1n) is 10.6. The first-order valence-corrected chi connectivity index (χ1v) is 10.6. The Kier molecular flexibility index (Phi) is 7.08. The lowest BCUT2D eigenvalue weighted by Crippen LogP contribution is -2.46. The third-order valence-corrected chi connectivity index (χ3v) is 5.49. The molecular weight excluding hydrogens is 370 g/mol. The second kappa shape index (κ2) is 9.54. The van der Waals surface area contributed by atoms with Gasteiger partial charge in [0.1, 0.15) is 17.5 Å². The molecule has 2 aromatic rings. The highest BCUT2D eigenvalue weighted by Gasteiger charge is 2.23. The molecule has 1 aliphatic rings. The highest BCUT2D eigenvalue weighted by Crippen LogP contribution is 2.20. The fourth-order valence-corrected chi connectivity index (χ4v) is 3.86. The van der Waals surface area contributed by atoms with E-state index in [-0.39, 0.29) is 22.6 Å². The van der Waals surface area contributed by atoms with Gasteiger partial charge in [-0.3, -0.25) is 14.2 Å². The molecule has 0 bridgehead atoms. The van der Waals surface area contributed by atoms with Gasteiger partial charge in [-0.15, -0.1) is 0 Å². The summed E-state index contributed by atoms with van der Waals surface area (Å²) in [6, 6.07) is 0. The molecule has 0 unspecified atom stereocenters. The van der Waals surface area contributed by atoms with E-state index in [0.717, 1.165) is 45.7 Å². The van der Waals surface area contributed by atoms with Crippen LogP contribution in [-0.4, -0.2) is 71.1 Å². The topological polar surface area (TPSA) is 83.6 Å². The molecule has 160 valence electrons. The molecule has 0 radical (unpaired) electrons. The van der Waals surface area contributed by atoms with E-state index in [2.05, 4.69) is 27.0 Å². The Hall–Kier alpha value is -2.19. The number of likely N-dealkylation sites (N-methyl/N-ethyl adjacent to an activating group) is 1. The second-order valence-electron chi connectivity index (χ2n) is 8.19. The van der Waals surface area contributed by atoms with E-state index in [1.165, 1.54) is 6.33 Å². The summed E-state index contributed by atoms with van der Waals surface area (Å²) in [5, 5.41) is 3.23. The Balaban J connectivity index is 1.62. The molecule has 1 amide bonds. The van der Waals surface area contributed by atoms with Gasteiger partial charge in [0.15, 0.2) is 0 Å². The summed E-state index contributed by atoms with van der Waals surface area (Å²) in [6.07, 6.45) is 2.37. The second-order valence-corrected chi connectivity index (χ2v) is 8.19. The van der Waals surface area contributed by atoms with Gasteiger partial charge in [0.05, 0.1) is 5.56 Å². The van der Waals surface area contributed by atoms with Gasteiger partial charge in [-0.1, -0.05) is 20.8 Å². The van der Waals surface area contributed by atoms with Gasteiger partial charge in [-0.25, -0.2) is 4.98 Å². The number of hydrogen-bond donors (Lipinski definition) is 1. The van der Waals surface area contributed by atoms with Gasteiger partial charge in [0.25, 0.3) is 11.5 Å². The molecule has 2 aromatic heterocycles. The van der Waals surface area contributed by atoms with E-state index >= 15 is 0 Å². The van der Waals surface area contributed by atoms with Crippen LogP contribution in [0.2, 0.25) is 0 Å². The molecule has 3 heterocycles. The number of amides is 1. The number of fused-ring (bicyclic) bond motifs is 1. The molecule has 1 saturated heterocycles. The third kappa shape index (κ3) is 5.05. The molecule has 0 spiro atoms. The molecule has 0 saturated carbocycles. The maximum Gasteiger partial charge on any atom is 0.265 e. The van der Waals surface area contributed by atoms with E-state index in [4.69, 9.17) is 4.42 Å². The van der Waals surface area contributed by atoms with Crippen molar-refractivity contribution in [2.24, 2.45) is 5.92 Å². The zero-order chi connectivity index (χ0) is 21.0. The summed E-state index contributed by atoms with van der Waals surface area (Å²) in [4.78, 5) is 34.8. The Bertz CT molecular complexity index is 894. The summed E-state index contributed by atoms with van der Waals surface area (Å²) in [5.74, 6) is 0.467. The van der Waals surface area contributed by atoms with Crippen LogP contribution >= 0.6 is 0 Å². The van der Waals surface area contributed by atoms with Gasteiger partial charge < -0.3 is 19.5 Å². The van der Waals surface area contributed by atoms with Gasteiger partial charge in [-0.2, -0.15) is 0 Å². The lowest BCUT2D eigenvalue weighted by atomic mass is 10.1. The molecule has 8 heteroatoms. The Labute approximate surface area is 171 Å². The average Bonchev–Trinajstić information content (AvgIpc) is 3.04. The summed E-state index contributed by atoms with van der Waals surface area (Å²) in [7, 11) is 0. The largest absolute Gasteiger partial charge is 0.442 e. The van der Waals surface area contributed by atoms with Crippen LogP contribution in [0.25, 0.3) is 11.1 Å². The number of carbonyl (C=O) groups is 1. The first kappa shape index (κ1) is 21.5. The van der Waals surface area contributed by atoms with Crippen molar-refractivity contribution in [2.75, 3.05) is 45.8 Å². The van der Waals surface area contributed by atoms with Crippen LogP contribution in [0.15, 0.2) is 15.5 Å². The van der Waals surface area contributed by atoms with Crippen molar-refractivity contribution in [3.05, 3.63) is 28.0 Å². The van der Waals surface area contributed by atoms with Gasteiger partial charge >= 0.3 is 0 Å². The predicted molar refractivity (Wildman–Crippen MR) is 113 cm³/mol. The number of aryl methyl sites for hydroxylation is 1. The molecule has 1 fully saturated rings. The predicted octanol–water partition coefficient (Wildman–Crippen LogP) is 1.71. The number of furan rings is 1. The van der Waals surface area contributed by atoms with Crippen LogP contribution in [0.5, 0.6) is 0 Å². The normalized spacial score (nSPS) is 16.0. The van der Waals surface area contributed by atoms with Crippen molar-refractivity contribution < 1.29 is 9.21 Å². The average molecular weight is 404 g/mol. The maximum atomic E-state index is 12.9. The fraction of sp³-hybridized carbons (Fsp3) is 0.667. The minimum Gasteiger partial charge on any atom is -0.442 e. The summed E-state index contributed by atoms with van der Waals surface area (Å²) < 4.78 is 7.14. The van der Waals surface area contributed by atoms with Crippen molar-refractivity contribution >= 4 is 17.0 Å². The summed E-state index contributed by atoms with van der Waals surface area (Å²) in [5.41, 5.74) is 0.318. The van der Waals surface area contributed by atoms with Crippen LogP contribution in [0.1, 0.15) is 43.3 Å². The molecule has 1 N–H and O–H groups in total. The number of piperazine rings is 1. The zero-order valence-corrected chi connectivity index (χ0v) is 18.0. The van der Waals surface area contributed by atoms with Crippen LogP contribution < -0.4 is 10.9 Å². The van der Waals surface area contributed by atoms with Crippen LogP contribution in [-0.2, 0) is 6.54 Å². The number of carbonyl (C=O) groups excluding carboxylic acids is 1. The number of aromatic nitrogens is 2. The third-order valence-electron chi connectivity index (χ3n) is 5.49. The van der Waals surface area contributed by atoms with Crippen molar-refractivity contribution in [3.8, 4) is 0 Å².